The van der Waals surface area contributed by atoms with Gasteiger partial charge in [-0.2, -0.15) is 0 Å². The quantitative estimate of drug-likeness (QED) is 0.626. The van der Waals surface area contributed by atoms with E-state index in [4.69, 9.17) is 0 Å². The van der Waals surface area contributed by atoms with E-state index in [9.17, 15) is 9.90 Å². The van der Waals surface area contributed by atoms with E-state index in [0.717, 1.165) is 37.4 Å². The molecule has 29 heavy (non-hydrogen) atoms. The second-order valence-corrected chi connectivity index (χ2v) is 7.76. The molecule has 0 aliphatic carbocycles. The number of piperazine rings is 1. The molecule has 1 aliphatic rings. The highest BCUT2D eigenvalue weighted by Gasteiger charge is 2.24. The van der Waals surface area contributed by atoms with Gasteiger partial charge in [0.15, 0.2) is 6.54 Å². The lowest BCUT2D eigenvalue weighted by molar-refractivity contribution is -0.892. The average Bonchev–Trinajstić information content (AvgIpc) is 2.74. The van der Waals surface area contributed by atoms with Gasteiger partial charge in [-0.3, -0.25) is 4.79 Å². The molecule has 4 rings (SSSR count). The minimum Gasteiger partial charge on any atom is -0.506 e. The van der Waals surface area contributed by atoms with Gasteiger partial charge in [0.1, 0.15) is 5.75 Å². The van der Waals surface area contributed by atoms with Crippen LogP contribution in [0.2, 0.25) is 0 Å². The van der Waals surface area contributed by atoms with Crippen LogP contribution in [0.3, 0.4) is 0 Å². The SMILES string of the molecule is C[C@@H](NC(=O)C[NH+]1CCN(c2ccccc2O)CC1)c1cccc2ccccc12. The van der Waals surface area contributed by atoms with E-state index in [1.807, 2.05) is 43.3 Å². The summed E-state index contributed by atoms with van der Waals surface area (Å²) in [5.41, 5.74) is 2.02. The van der Waals surface area contributed by atoms with Crippen molar-refractivity contribution in [2.45, 2.75) is 13.0 Å². The summed E-state index contributed by atoms with van der Waals surface area (Å²) in [5, 5.41) is 15.6. The molecule has 0 saturated carbocycles. The first-order valence-electron chi connectivity index (χ1n) is 10.3. The molecule has 0 bridgehead atoms. The molecule has 1 amide bonds. The van der Waals surface area contributed by atoms with Gasteiger partial charge in [0.2, 0.25) is 0 Å². The molecule has 3 aromatic carbocycles. The summed E-state index contributed by atoms with van der Waals surface area (Å²) in [6.45, 7) is 5.95. The molecule has 1 atom stereocenters. The molecule has 0 unspecified atom stereocenters. The van der Waals surface area contributed by atoms with Gasteiger partial charge in [0, 0.05) is 0 Å². The van der Waals surface area contributed by atoms with Crippen molar-refractivity contribution in [3.8, 4) is 5.75 Å². The Bertz CT molecular complexity index is 991. The number of hydrogen-bond donors (Lipinski definition) is 3. The highest BCUT2D eigenvalue weighted by Crippen LogP contribution is 2.26. The Balaban J connectivity index is 1.33. The zero-order chi connectivity index (χ0) is 20.2. The summed E-state index contributed by atoms with van der Waals surface area (Å²) in [5.74, 6) is 0.397. The molecular weight excluding hydrogens is 362 g/mol. The number of hydrogen-bond acceptors (Lipinski definition) is 3. The molecule has 150 valence electrons. The van der Waals surface area contributed by atoms with Crippen molar-refractivity contribution in [2.24, 2.45) is 0 Å². The summed E-state index contributed by atoms with van der Waals surface area (Å²) in [6, 6.07) is 21.9. The van der Waals surface area contributed by atoms with Crippen molar-refractivity contribution >= 4 is 22.4 Å². The Morgan fingerprint density at radius 1 is 1.03 bits per heavy atom. The van der Waals surface area contributed by atoms with E-state index >= 15 is 0 Å². The average molecular weight is 391 g/mol. The van der Waals surface area contributed by atoms with Gasteiger partial charge in [0.25, 0.3) is 5.91 Å². The standard InChI is InChI=1S/C24H27N3O2/c1-18(20-10-6-8-19-7-2-3-9-21(19)20)25-24(29)17-26-13-15-27(16-14-26)22-11-4-5-12-23(22)28/h2-12,18,28H,13-17H2,1H3,(H,25,29)/p+1/t18-/m1/s1. The first-order chi connectivity index (χ1) is 14.1. The summed E-state index contributed by atoms with van der Waals surface area (Å²) in [6.07, 6.45) is 0. The van der Waals surface area contributed by atoms with Crippen LogP contribution >= 0.6 is 0 Å². The maximum absolute atomic E-state index is 12.7. The number of phenols is 1. The van der Waals surface area contributed by atoms with Crippen LogP contribution in [0.1, 0.15) is 18.5 Å². The number of para-hydroxylation sites is 2. The number of quaternary nitrogens is 1. The van der Waals surface area contributed by atoms with E-state index in [1.54, 1.807) is 6.07 Å². The Morgan fingerprint density at radius 2 is 1.72 bits per heavy atom. The van der Waals surface area contributed by atoms with Crippen molar-refractivity contribution in [2.75, 3.05) is 37.6 Å². The van der Waals surface area contributed by atoms with E-state index in [1.165, 1.54) is 15.7 Å². The number of nitrogens with one attached hydrogen (secondary N) is 2. The predicted molar refractivity (Wildman–Crippen MR) is 116 cm³/mol. The molecule has 0 radical (unpaired) electrons. The smallest absolute Gasteiger partial charge is 0.275 e. The van der Waals surface area contributed by atoms with Crippen molar-refractivity contribution in [3.63, 3.8) is 0 Å². The molecule has 0 spiro atoms. The van der Waals surface area contributed by atoms with Crippen LogP contribution in [0.15, 0.2) is 66.7 Å². The first-order valence-corrected chi connectivity index (χ1v) is 10.3. The van der Waals surface area contributed by atoms with Crippen LogP contribution in [0.4, 0.5) is 5.69 Å². The third-order valence-corrected chi connectivity index (χ3v) is 5.77. The zero-order valence-corrected chi connectivity index (χ0v) is 16.8. The van der Waals surface area contributed by atoms with E-state index in [0.29, 0.717) is 12.3 Å². The fourth-order valence-electron chi connectivity index (χ4n) is 4.20. The van der Waals surface area contributed by atoms with E-state index < -0.39 is 0 Å². The molecule has 3 N–H and O–H groups in total. The van der Waals surface area contributed by atoms with Crippen molar-refractivity contribution in [1.82, 2.24) is 5.32 Å². The number of nitrogens with zero attached hydrogens (tertiary/aromatic N) is 1. The van der Waals surface area contributed by atoms with Crippen LogP contribution < -0.4 is 15.1 Å². The summed E-state index contributed by atoms with van der Waals surface area (Å²) >= 11 is 0. The third-order valence-electron chi connectivity index (χ3n) is 5.77. The van der Waals surface area contributed by atoms with Crippen molar-refractivity contribution < 1.29 is 14.8 Å². The number of carbonyl (C=O) groups excluding carboxylic acids is 1. The van der Waals surface area contributed by atoms with E-state index in [-0.39, 0.29) is 11.9 Å². The Hall–Kier alpha value is -3.05. The summed E-state index contributed by atoms with van der Waals surface area (Å²) < 4.78 is 0. The molecule has 3 aromatic rings. The summed E-state index contributed by atoms with van der Waals surface area (Å²) in [7, 11) is 0. The summed E-state index contributed by atoms with van der Waals surface area (Å²) in [4.78, 5) is 16.1. The van der Waals surface area contributed by atoms with Gasteiger partial charge in [-0.05, 0) is 35.4 Å². The van der Waals surface area contributed by atoms with Crippen LogP contribution in [-0.4, -0.2) is 43.7 Å². The lowest BCUT2D eigenvalue weighted by Crippen LogP contribution is -3.15. The van der Waals surface area contributed by atoms with Gasteiger partial charge < -0.3 is 20.2 Å². The van der Waals surface area contributed by atoms with Crippen LogP contribution in [0.5, 0.6) is 5.75 Å². The van der Waals surface area contributed by atoms with Crippen LogP contribution in [0, 0.1) is 0 Å². The molecule has 5 nitrogen and oxygen atoms in total. The second-order valence-electron chi connectivity index (χ2n) is 7.76. The number of fused-ring (bicyclic) bond motifs is 1. The number of phenolic OH excluding ortho intramolecular Hbond substituents is 1. The molecule has 1 heterocycles. The number of aromatic hydroxyl groups is 1. The lowest BCUT2D eigenvalue weighted by atomic mass is 10.00. The number of anilines is 1. The topological polar surface area (TPSA) is 57.0 Å². The number of benzene rings is 3. The molecule has 0 aromatic heterocycles. The zero-order valence-electron chi connectivity index (χ0n) is 16.8. The fraction of sp³-hybridized carbons (Fsp3) is 0.292. The molecule has 1 fully saturated rings. The maximum Gasteiger partial charge on any atom is 0.275 e. The minimum atomic E-state index is -0.0319. The molecule has 1 saturated heterocycles. The van der Waals surface area contributed by atoms with Gasteiger partial charge in [-0.15, -0.1) is 0 Å². The predicted octanol–water partition coefficient (Wildman–Crippen LogP) is 2.13. The van der Waals surface area contributed by atoms with Gasteiger partial charge >= 0.3 is 0 Å². The van der Waals surface area contributed by atoms with E-state index in [2.05, 4.69) is 34.5 Å². The fourth-order valence-corrected chi connectivity index (χ4v) is 4.20. The number of rotatable bonds is 5. The Kier molecular flexibility index (Phi) is 5.67. The normalized spacial score (nSPS) is 16.0. The van der Waals surface area contributed by atoms with Crippen molar-refractivity contribution in [3.05, 3.63) is 72.3 Å². The maximum atomic E-state index is 12.7. The number of amides is 1. The monoisotopic (exact) mass is 390 g/mol. The van der Waals surface area contributed by atoms with Crippen LogP contribution in [-0.2, 0) is 4.79 Å². The lowest BCUT2D eigenvalue weighted by Gasteiger charge is -2.33. The minimum absolute atomic E-state index is 0.0319. The molecule has 1 aliphatic heterocycles. The first kappa shape index (κ1) is 19.3. The Morgan fingerprint density at radius 3 is 2.52 bits per heavy atom. The molecular formula is C24H28N3O2+. The highest BCUT2D eigenvalue weighted by atomic mass is 16.3. The number of carbonyl (C=O) groups is 1. The molecule has 5 heteroatoms. The second kappa shape index (κ2) is 8.53. The third kappa shape index (κ3) is 4.35. The van der Waals surface area contributed by atoms with Gasteiger partial charge in [0.05, 0.1) is 37.9 Å². The largest absolute Gasteiger partial charge is 0.506 e. The Labute approximate surface area is 171 Å². The van der Waals surface area contributed by atoms with Crippen molar-refractivity contribution in [1.29, 1.82) is 0 Å². The van der Waals surface area contributed by atoms with Gasteiger partial charge in [-0.1, -0.05) is 54.6 Å². The van der Waals surface area contributed by atoms with Gasteiger partial charge in [-0.25, -0.2) is 0 Å². The highest BCUT2D eigenvalue weighted by molar-refractivity contribution is 5.87. The van der Waals surface area contributed by atoms with Crippen LogP contribution in [0.25, 0.3) is 10.8 Å².